The van der Waals surface area contributed by atoms with Crippen LogP contribution in [0.25, 0.3) is 6.08 Å². The van der Waals surface area contributed by atoms with Gasteiger partial charge in [0.15, 0.2) is 15.8 Å². The highest BCUT2D eigenvalue weighted by Gasteiger charge is 2.33. The van der Waals surface area contributed by atoms with Gasteiger partial charge >= 0.3 is 0 Å². The normalized spacial score (nSPS) is 14.4. The minimum absolute atomic E-state index is 0.167. The van der Waals surface area contributed by atoms with Gasteiger partial charge in [0.25, 0.3) is 5.91 Å². The average molecular weight is 554 g/mol. The molecule has 0 unspecified atom stereocenters. The Balaban J connectivity index is 1.44. The van der Waals surface area contributed by atoms with Crippen molar-refractivity contribution in [1.29, 1.82) is 0 Å². The summed E-state index contributed by atoms with van der Waals surface area (Å²) in [5.74, 6) is 1.72. The molecule has 4 rings (SSSR count). The molecule has 3 aromatic rings. The van der Waals surface area contributed by atoms with E-state index in [-0.39, 0.29) is 5.91 Å². The van der Waals surface area contributed by atoms with Gasteiger partial charge < -0.3 is 14.2 Å². The van der Waals surface area contributed by atoms with Crippen molar-refractivity contribution in [2.45, 2.75) is 27.2 Å². The van der Waals surface area contributed by atoms with Crippen LogP contribution in [0.5, 0.6) is 17.2 Å². The van der Waals surface area contributed by atoms with Gasteiger partial charge in [0.1, 0.15) is 5.75 Å². The number of amides is 1. The molecule has 1 saturated heterocycles. The number of aryl methyl sites for hydroxylation is 1. The molecule has 0 saturated carbocycles. The number of halogens is 1. The third-order valence-corrected chi connectivity index (χ3v) is 7.37. The zero-order valence-electron chi connectivity index (χ0n) is 21.0. The first-order valence-corrected chi connectivity index (χ1v) is 13.6. The summed E-state index contributed by atoms with van der Waals surface area (Å²) in [5.41, 5.74) is 3.81. The van der Waals surface area contributed by atoms with Crippen molar-refractivity contribution in [3.63, 3.8) is 0 Å². The summed E-state index contributed by atoms with van der Waals surface area (Å²) in [4.78, 5) is 15.1. The van der Waals surface area contributed by atoms with Crippen LogP contribution in [0.1, 0.15) is 30.0 Å². The number of thiocarbonyl (C=S) groups is 1. The highest BCUT2D eigenvalue weighted by atomic mass is 35.5. The molecule has 8 heteroatoms. The van der Waals surface area contributed by atoms with E-state index in [9.17, 15) is 4.79 Å². The van der Waals surface area contributed by atoms with Crippen LogP contribution in [0.3, 0.4) is 0 Å². The molecule has 0 N–H and O–H groups in total. The van der Waals surface area contributed by atoms with Crippen molar-refractivity contribution in [3.8, 4) is 17.2 Å². The molecule has 37 heavy (non-hydrogen) atoms. The van der Waals surface area contributed by atoms with Crippen LogP contribution in [-0.4, -0.2) is 30.0 Å². The van der Waals surface area contributed by atoms with E-state index in [0.717, 1.165) is 22.6 Å². The molecule has 1 fully saturated rings. The Kier molecular flexibility index (Phi) is 9.14. The summed E-state index contributed by atoms with van der Waals surface area (Å²) in [5, 5.41) is 0.409. The molecule has 0 aromatic heterocycles. The van der Waals surface area contributed by atoms with E-state index in [0.29, 0.717) is 52.0 Å². The van der Waals surface area contributed by atoms with Crippen LogP contribution < -0.4 is 19.1 Å². The summed E-state index contributed by atoms with van der Waals surface area (Å²) in [7, 11) is 0. The van der Waals surface area contributed by atoms with Crippen molar-refractivity contribution in [1.82, 2.24) is 0 Å². The lowest BCUT2D eigenvalue weighted by molar-refractivity contribution is -0.113. The molecule has 5 nitrogen and oxygen atoms in total. The molecule has 192 valence electrons. The maximum atomic E-state index is 13.1. The molecule has 0 aliphatic carbocycles. The first-order chi connectivity index (χ1) is 17.9. The lowest BCUT2D eigenvalue weighted by Crippen LogP contribution is -2.27. The van der Waals surface area contributed by atoms with Gasteiger partial charge in [-0.1, -0.05) is 65.9 Å². The largest absolute Gasteiger partial charge is 0.493 e. The van der Waals surface area contributed by atoms with Crippen LogP contribution in [0.4, 0.5) is 5.69 Å². The first-order valence-electron chi connectivity index (χ1n) is 12.0. The summed E-state index contributed by atoms with van der Waals surface area (Å²) < 4.78 is 18.2. The van der Waals surface area contributed by atoms with Crippen molar-refractivity contribution >= 4 is 57.6 Å². The molecule has 3 aromatic carbocycles. The number of hydrogen-bond acceptors (Lipinski definition) is 6. The number of para-hydroxylation sites is 1. The molecule has 1 amide bonds. The zero-order chi connectivity index (χ0) is 26.4. The fraction of sp³-hybridized carbons (Fsp3) is 0.241. The standard InChI is InChI=1S/C29H28ClNO4S2/c1-4-33-25-17-21(18-26-28(32)31(29(36)37-26)22-11-6-5-7-12-22)16-23(30)27(25)35-15-9-14-34-24-13-8-10-19(2)20(24)3/h5-8,10-13,16-18H,4,9,14-15H2,1-3H3. The minimum atomic E-state index is -0.167. The number of hydrogen-bond donors (Lipinski definition) is 0. The van der Waals surface area contributed by atoms with Crippen molar-refractivity contribution in [2.75, 3.05) is 24.7 Å². The van der Waals surface area contributed by atoms with Gasteiger partial charge in [0.2, 0.25) is 0 Å². The molecule has 0 spiro atoms. The van der Waals surface area contributed by atoms with E-state index in [4.69, 9.17) is 38.0 Å². The molecule has 0 radical (unpaired) electrons. The SMILES string of the molecule is CCOc1cc(C=C2SC(=S)N(c3ccccc3)C2=O)cc(Cl)c1OCCCOc1cccc(C)c1C. The monoisotopic (exact) mass is 553 g/mol. The van der Waals surface area contributed by atoms with Crippen LogP contribution in [-0.2, 0) is 4.79 Å². The molecule has 0 atom stereocenters. The maximum absolute atomic E-state index is 13.1. The fourth-order valence-corrected chi connectivity index (χ4v) is 5.36. The van der Waals surface area contributed by atoms with E-state index in [2.05, 4.69) is 19.9 Å². The Hall–Kier alpha value is -3.00. The van der Waals surface area contributed by atoms with Gasteiger partial charge in [-0.05, 0) is 73.9 Å². The molecule has 1 aliphatic heterocycles. The zero-order valence-corrected chi connectivity index (χ0v) is 23.3. The average Bonchev–Trinajstić information content (AvgIpc) is 3.15. The number of anilines is 1. The van der Waals surface area contributed by atoms with Crippen LogP contribution >= 0.6 is 35.6 Å². The second-order valence-electron chi connectivity index (χ2n) is 8.36. The van der Waals surface area contributed by atoms with Gasteiger partial charge in [0.05, 0.1) is 35.4 Å². The lowest BCUT2D eigenvalue weighted by Gasteiger charge is -2.15. The third-order valence-electron chi connectivity index (χ3n) is 5.79. The van der Waals surface area contributed by atoms with Gasteiger partial charge in [-0.25, -0.2) is 0 Å². The summed E-state index contributed by atoms with van der Waals surface area (Å²) >= 11 is 13.3. The molecule has 1 aliphatic rings. The Bertz CT molecular complexity index is 1330. The van der Waals surface area contributed by atoms with Crippen LogP contribution in [0, 0.1) is 13.8 Å². The van der Waals surface area contributed by atoms with Crippen molar-refractivity contribution in [3.05, 3.63) is 87.3 Å². The summed E-state index contributed by atoms with van der Waals surface area (Å²) in [6.45, 7) is 7.40. The molecular formula is C29H28ClNO4S2. The number of carbonyl (C=O) groups is 1. The predicted molar refractivity (Wildman–Crippen MR) is 156 cm³/mol. The lowest BCUT2D eigenvalue weighted by atomic mass is 10.1. The van der Waals surface area contributed by atoms with Crippen LogP contribution in [0.15, 0.2) is 65.6 Å². The summed E-state index contributed by atoms with van der Waals surface area (Å²) in [6, 6.07) is 19.0. The van der Waals surface area contributed by atoms with Gasteiger partial charge in [-0.15, -0.1) is 0 Å². The molecule has 0 bridgehead atoms. The summed E-state index contributed by atoms with van der Waals surface area (Å²) in [6.07, 6.45) is 2.46. The fourth-order valence-electron chi connectivity index (χ4n) is 3.79. The molecular weight excluding hydrogens is 526 g/mol. The quantitative estimate of drug-likeness (QED) is 0.146. The van der Waals surface area contributed by atoms with E-state index in [1.165, 1.54) is 22.2 Å². The number of ether oxygens (including phenoxy) is 3. The Morgan fingerprint density at radius 2 is 1.73 bits per heavy atom. The predicted octanol–water partition coefficient (Wildman–Crippen LogP) is 7.61. The van der Waals surface area contributed by atoms with E-state index in [1.807, 2.05) is 55.5 Å². The molecule has 1 heterocycles. The second-order valence-corrected chi connectivity index (χ2v) is 10.4. The number of benzene rings is 3. The van der Waals surface area contributed by atoms with Gasteiger partial charge in [-0.3, -0.25) is 9.69 Å². The first kappa shape index (κ1) is 27.0. The van der Waals surface area contributed by atoms with Gasteiger partial charge in [0, 0.05) is 6.42 Å². The number of thioether (sulfide) groups is 1. The van der Waals surface area contributed by atoms with E-state index >= 15 is 0 Å². The van der Waals surface area contributed by atoms with E-state index in [1.54, 1.807) is 12.1 Å². The Morgan fingerprint density at radius 3 is 2.49 bits per heavy atom. The van der Waals surface area contributed by atoms with Crippen molar-refractivity contribution in [2.24, 2.45) is 0 Å². The Morgan fingerprint density at radius 1 is 0.973 bits per heavy atom. The minimum Gasteiger partial charge on any atom is -0.493 e. The smallest absolute Gasteiger partial charge is 0.270 e. The Labute approximate surface area is 232 Å². The second kappa shape index (κ2) is 12.5. The van der Waals surface area contributed by atoms with E-state index < -0.39 is 0 Å². The van der Waals surface area contributed by atoms with Crippen molar-refractivity contribution < 1.29 is 19.0 Å². The topological polar surface area (TPSA) is 48.0 Å². The number of rotatable bonds is 10. The highest BCUT2D eigenvalue weighted by molar-refractivity contribution is 8.27. The highest BCUT2D eigenvalue weighted by Crippen LogP contribution is 2.40. The third kappa shape index (κ3) is 6.47. The number of nitrogens with zero attached hydrogens (tertiary/aromatic N) is 1. The maximum Gasteiger partial charge on any atom is 0.270 e. The number of carbonyl (C=O) groups excluding carboxylic acids is 1. The van der Waals surface area contributed by atoms with Gasteiger partial charge in [-0.2, -0.15) is 0 Å². The van der Waals surface area contributed by atoms with Crippen LogP contribution in [0.2, 0.25) is 5.02 Å².